The highest BCUT2D eigenvalue weighted by molar-refractivity contribution is 5.62. The fourth-order valence-corrected chi connectivity index (χ4v) is 4.77. The fourth-order valence-electron chi connectivity index (χ4n) is 4.77. The van der Waals surface area contributed by atoms with Crippen LogP contribution in [0.2, 0.25) is 0 Å². The monoisotopic (exact) mass is 411 g/mol. The van der Waals surface area contributed by atoms with E-state index < -0.39 is 0 Å². The zero-order valence-corrected chi connectivity index (χ0v) is 19.0. The molecule has 0 aromatic carbocycles. The lowest BCUT2D eigenvalue weighted by atomic mass is 9.92. The van der Waals surface area contributed by atoms with E-state index in [-0.39, 0.29) is 0 Å². The molecular weight excluding hydrogens is 374 g/mol. The van der Waals surface area contributed by atoms with E-state index in [1.54, 1.807) is 6.33 Å². The van der Waals surface area contributed by atoms with Crippen molar-refractivity contribution >= 4 is 11.6 Å². The van der Waals surface area contributed by atoms with Crippen molar-refractivity contribution in [3.63, 3.8) is 0 Å². The SMILES string of the molecule is CCc1cn(CCNC(C)C)c(C2CCN(c3ncnc4c3[C@H](C)CCN4)CC2)n1. The van der Waals surface area contributed by atoms with E-state index in [4.69, 9.17) is 9.97 Å². The summed E-state index contributed by atoms with van der Waals surface area (Å²) in [4.78, 5) is 16.7. The molecule has 1 fully saturated rings. The molecule has 7 nitrogen and oxygen atoms in total. The lowest BCUT2D eigenvalue weighted by Crippen LogP contribution is -2.36. The number of imidazole rings is 1. The zero-order chi connectivity index (χ0) is 21.1. The van der Waals surface area contributed by atoms with Crippen LogP contribution in [0.1, 0.15) is 75.9 Å². The van der Waals surface area contributed by atoms with Crippen molar-refractivity contribution in [2.45, 2.75) is 77.8 Å². The van der Waals surface area contributed by atoms with E-state index >= 15 is 0 Å². The van der Waals surface area contributed by atoms with Crippen molar-refractivity contribution in [2.75, 3.05) is 36.4 Å². The minimum absolute atomic E-state index is 0.509. The standard InChI is InChI=1S/C23H37N7/c1-5-19-14-30(13-10-24-16(2)3)22(28-19)18-7-11-29(12-8-18)23-20-17(4)6-9-25-21(20)26-15-27-23/h14-18,24H,5-13H2,1-4H3,(H,25,26,27)/t17-/m1/s1. The minimum atomic E-state index is 0.509. The first-order valence-corrected chi connectivity index (χ1v) is 11.7. The number of piperidine rings is 1. The predicted octanol–water partition coefficient (Wildman–Crippen LogP) is 3.54. The third-order valence-electron chi connectivity index (χ3n) is 6.51. The molecule has 2 N–H and O–H groups in total. The van der Waals surface area contributed by atoms with Crippen LogP contribution in [0.4, 0.5) is 11.6 Å². The average molecular weight is 412 g/mol. The molecule has 2 aliphatic heterocycles. The maximum absolute atomic E-state index is 5.01. The second-order valence-electron chi connectivity index (χ2n) is 9.08. The van der Waals surface area contributed by atoms with E-state index in [2.05, 4.69) is 59.0 Å². The topological polar surface area (TPSA) is 70.9 Å². The van der Waals surface area contributed by atoms with Gasteiger partial charge in [-0.3, -0.25) is 0 Å². The zero-order valence-electron chi connectivity index (χ0n) is 19.0. The first-order chi connectivity index (χ1) is 14.6. The molecule has 1 atom stereocenters. The third kappa shape index (κ3) is 4.46. The van der Waals surface area contributed by atoms with Crippen molar-refractivity contribution in [3.05, 3.63) is 29.6 Å². The Hall–Kier alpha value is -2.15. The molecule has 0 radical (unpaired) electrons. The molecule has 7 heteroatoms. The average Bonchev–Trinajstić information content (AvgIpc) is 3.17. The molecule has 0 saturated carbocycles. The Morgan fingerprint density at radius 1 is 1.20 bits per heavy atom. The first-order valence-electron chi connectivity index (χ1n) is 11.7. The minimum Gasteiger partial charge on any atom is -0.370 e. The lowest BCUT2D eigenvalue weighted by molar-refractivity contribution is 0.452. The fraction of sp³-hybridized carbons (Fsp3) is 0.696. The van der Waals surface area contributed by atoms with E-state index in [1.807, 2.05) is 0 Å². The summed E-state index contributed by atoms with van der Waals surface area (Å²) in [5, 5.41) is 6.99. The number of nitrogens with zero attached hydrogens (tertiary/aromatic N) is 5. The lowest BCUT2D eigenvalue weighted by Gasteiger charge is -2.35. The summed E-state index contributed by atoms with van der Waals surface area (Å²) in [5.74, 6) is 4.47. The maximum atomic E-state index is 5.01. The van der Waals surface area contributed by atoms with E-state index in [9.17, 15) is 0 Å². The van der Waals surface area contributed by atoms with Crippen LogP contribution in [-0.4, -0.2) is 51.7 Å². The van der Waals surface area contributed by atoms with Gasteiger partial charge in [-0.25, -0.2) is 15.0 Å². The Kier molecular flexibility index (Phi) is 6.56. The molecule has 0 unspecified atom stereocenters. The van der Waals surface area contributed by atoms with Crippen LogP contribution in [0.5, 0.6) is 0 Å². The third-order valence-corrected chi connectivity index (χ3v) is 6.51. The molecule has 0 spiro atoms. The van der Waals surface area contributed by atoms with Gasteiger partial charge in [0.1, 0.15) is 23.8 Å². The quantitative estimate of drug-likeness (QED) is 0.726. The number of aromatic nitrogens is 4. The second kappa shape index (κ2) is 9.33. The number of aryl methyl sites for hydroxylation is 1. The van der Waals surface area contributed by atoms with Gasteiger partial charge in [0.25, 0.3) is 0 Å². The summed E-state index contributed by atoms with van der Waals surface area (Å²) in [6, 6.07) is 0.515. The molecule has 2 aliphatic rings. The van der Waals surface area contributed by atoms with Crippen LogP contribution >= 0.6 is 0 Å². The second-order valence-corrected chi connectivity index (χ2v) is 9.08. The molecule has 4 heterocycles. The summed E-state index contributed by atoms with van der Waals surface area (Å²) in [6.07, 6.45) is 8.36. The molecule has 0 aliphatic carbocycles. The van der Waals surface area contributed by atoms with Crippen molar-refractivity contribution in [1.29, 1.82) is 0 Å². The van der Waals surface area contributed by atoms with Gasteiger partial charge in [0.2, 0.25) is 0 Å². The van der Waals surface area contributed by atoms with Crippen LogP contribution in [0, 0.1) is 0 Å². The Morgan fingerprint density at radius 3 is 2.73 bits per heavy atom. The predicted molar refractivity (Wildman–Crippen MR) is 122 cm³/mol. The highest BCUT2D eigenvalue weighted by atomic mass is 15.2. The van der Waals surface area contributed by atoms with E-state index in [0.29, 0.717) is 17.9 Å². The Bertz CT molecular complexity index is 836. The van der Waals surface area contributed by atoms with Crippen LogP contribution in [0.15, 0.2) is 12.5 Å². The van der Waals surface area contributed by atoms with Gasteiger partial charge < -0.3 is 20.1 Å². The number of hydrogen-bond acceptors (Lipinski definition) is 6. The molecule has 164 valence electrons. The van der Waals surface area contributed by atoms with E-state index in [0.717, 1.165) is 70.0 Å². The highest BCUT2D eigenvalue weighted by Crippen LogP contribution is 2.38. The smallest absolute Gasteiger partial charge is 0.137 e. The van der Waals surface area contributed by atoms with Gasteiger partial charge >= 0.3 is 0 Å². The first kappa shape index (κ1) is 21.1. The van der Waals surface area contributed by atoms with Gasteiger partial charge in [-0.2, -0.15) is 0 Å². The van der Waals surface area contributed by atoms with Crippen LogP contribution < -0.4 is 15.5 Å². The van der Waals surface area contributed by atoms with Gasteiger partial charge in [-0.05, 0) is 31.6 Å². The van der Waals surface area contributed by atoms with Crippen molar-refractivity contribution in [2.24, 2.45) is 0 Å². The largest absolute Gasteiger partial charge is 0.370 e. The van der Waals surface area contributed by atoms with Gasteiger partial charge in [0.05, 0.1) is 5.69 Å². The number of nitrogens with one attached hydrogen (secondary N) is 2. The van der Waals surface area contributed by atoms with Crippen molar-refractivity contribution in [1.82, 2.24) is 24.8 Å². The van der Waals surface area contributed by atoms with Crippen molar-refractivity contribution in [3.8, 4) is 0 Å². The molecule has 1 saturated heterocycles. The number of hydrogen-bond donors (Lipinski definition) is 2. The Morgan fingerprint density at radius 2 is 2.00 bits per heavy atom. The molecule has 30 heavy (non-hydrogen) atoms. The van der Waals surface area contributed by atoms with E-state index in [1.165, 1.54) is 17.1 Å². The van der Waals surface area contributed by atoms with Gasteiger partial charge in [-0.15, -0.1) is 0 Å². The Labute approximate surface area is 180 Å². The molecular formula is C23H37N7. The molecule has 0 amide bonds. The van der Waals surface area contributed by atoms with Crippen molar-refractivity contribution < 1.29 is 0 Å². The van der Waals surface area contributed by atoms with Crippen LogP contribution in [-0.2, 0) is 13.0 Å². The summed E-state index contributed by atoms with van der Waals surface area (Å²) in [5.41, 5.74) is 2.51. The summed E-state index contributed by atoms with van der Waals surface area (Å²) in [7, 11) is 0. The van der Waals surface area contributed by atoms with Gasteiger partial charge in [0, 0.05) is 56.4 Å². The van der Waals surface area contributed by atoms with Gasteiger partial charge in [-0.1, -0.05) is 27.7 Å². The highest BCUT2D eigenvalue weighted by Gasteiger charge is 2.29. The molecule has 0 bridgehead atoms. The normalized spacial score (nSPS) is 19.8. The summed E-state index contributed by atoms with van der Waals surface area (Å²) >= 11 is 0. The number of fused-ring (bicyclic) bond motifs is 1. The maximum Gasteiger partial charge on any atom is 0.137 e. The molecule has 2 aromatic heterocycles. The number of rotatable bonds is 7. The summed E-state index contributed by atoms with van der Waals surface area (Å²) < 4.78 is 2.40. The van der Waals surface area contributed by atoms with Crippen LogP contribution in [0.25, 0.3) is 0 Å². The number of anilines is 2. The molecule has 4 rings (SSSR count). The Balaban J connectivity index is 1.46. The summed E-state index contributed by atoms with van der Waals surface area (Å²) in [6.45, 7) is 13.9. The molecule has 2 aromatic rings. The van der Waals surface area contributed by atoms with Gasteiger partial charge in [0.15, 0.2) is 0 Å². The van der Waals surface area contributed by atoms with Crippen LogP contribution in [0.3, 0.4) is 0 Å².